The number of piperazine rings is 1. The molecule has 4 fully saturated rings. The fraction of sp³-hybridized carbons (Fsp3) is 0.574. The number of likely N-dealkylation sites (tertiary alicyclic amines) is 1. The van der Waals surface area contributed by atoms with Gasteiger partial charge in [0.25, 0.3) is 0 Å². The minimum Gasteiger partial charge on any atom is -0.495 e. The van der Waals surface area contributed by atoms with Crippen LogP contribution < -0.4 is 14.4 Å². The summed E-state index contributed by atoms with van der Waals surface area (Å²) >= 11 is 3.39. The lowest BCUT2D eigenvalue weighted by atomic mass is 10.0. The Morgan fingerprint density at radius 2 is 1.08 bits per heavy atom. The summed E-state index contributed by atoms with van der Waals surface area (Å²) in [6.45, 7) is 22.8. The molecule has 0 radical (unpaired) electrons. The van der Waals surface area contributed by atoms with Crippen molar-refractivity contribution in [2.24, 2.45) is 0 Å². The van der Waals surface area contributed by atoms with Crippen LogP contribution in [-0.4, -0.2) is 104 Å². The smallest absolute Gasteiger partial charge is 0.410 e. The highest BCUT2D eigenvalue weighted by Crippen LogP contribution is 2.49. The molecule has 0 N–H and O–H groups in total. The highest BCUT2D eigenvalue weighted by atomic mass is 79.9. The van der Waals surface area contributed by atoms with Crippen molar-refractivity contribution in [3.05, 3.63) is 76.0 Å². The maximum atomic E-state index is 12.7. The van der Waals surface area contributed by atoms with Crippen molar-refractivity contribution in [1.82, 2.24) is 28.9 Å². The van der Waals surface area contributed by atoms with Crippen LogP contribution in [0.2, 0.25) is 0 Å². The van der Waals surface area contributed by atoms with Crippen LogP contribution in [0.5, 0.6) is 11.5 Å². The van der Waals surface area contributed by atoms with Crippen LogP contribution >= 0.6 is 15.9 Å². The van der Waals surface area contributed by atoms with E-state index in [9.17, 15) is 9.59 Å². The number of hydrogen-bond donors (Lipinski definition) is 0. The van der Waals surface area contributed by atoms with Crippen molar-refractivity contribution in [3.63, 3.8) is 0 Å². The molecular formula is C47H66BrN7O6. The fourth-order valence-corrected chi connectivity index (χ4v) is 8.79. The van der Waals surface area contributed by atoms with Crippen molar-refractivity contribution < 1.29 is 28.5 Å². The number of aryl methyl sites for hydroxylation is 4. The lowest BCUT2D eigenvalue weighted by molar-refractivity contribution is 0.00558. The second kappa shape index (κ2) is 17.9. The Hall–Kier alpha value is -4.72. The minimum absolute atomic E-state index is 0.111. The summed E-state index contributed by atoms with van der Waals surface area (Å²) in [4.78, 5) is 40.0. The molecule has 2 aliphatic carbocycles. The fourth-order valence-electron chi connectivity index (χ4n) is 8.41. The molecule has 2 saturated heterocycles. The first-order chi connectivity index (χ1) is 28.7. The molecule has 6 heterocycles. The zero-order valence-electron chi connectivity index (χ0n) is 38.4. The number of amides is 2. The van der Waals surface area contributed by atoms with E-state index < -0.39 is 5.60 Å². The lowest BCUT2D eigenvalue weighted by Crippen LogP contribution is -2.58. The van der Waals surface area contributed by atoms with Gasteiger partial charge < -0.3 is 37.9 Å². The number of ether oxygens (including phenoxy) is 4. The van der Waals surface area contributed by atoms with Crippen molar-refractivity contribution in [3.8, 4) is 23.1 Å². The summed E-state index contributed by atoms with van der Waals surface area (Å²) in [5.74, 6) is 3.32. The first-order valence-corrected chi connectivity index (χ1v) is 22.3. The summed E-state index contributed by atoms with van der Waals surface area (Å²) in [6.07, 6.45) is 11.2. The van der Waals surface area contributed by atoms with Gasteiger partial charge in [0.15, 0.2) is 0 Å². The minimum atomic E-state index is -0.484. The molecule has 14 heteroatoms. The molecule has 61 heavy (non-hydrogen) atoms. The number of anilines is 1. The van der Waals surface area contributed by atoms with Gasteiger partial charge in [-0.1, -0.05) is 0 Å². The van der Waals surface area contributed by atoms with E-state index in [-0.39, 0.29) is 28.9 Å². The van der Waals surface area contributed by atoms with Gasteiger partial charge in [-0.15, -0.1) is 0 Å². The molecule has 2 saturated carbocycles. The van der Waals surface area contributed by atoms with E-state index in [1.165, 1.54) is 25.7 Å². The average molecular weight is 905 g/mol. The largest absolute Gasteiger partial charge is 0.495 e. The van der Waals surface area contributed by atoms with E-state index in [4.69, 9.17) is 23.9 Å². The van der Waals surface area contributed by atoms with E-state index in [0.717, 1.165) is 95.0 Å². The van der Waals surface area contributed by atoms with Crippen molar-refractivity contribution in [2.75, 3.05) is 45.3 Å². The second-order valence-electron chi connectivity index (χ2n) is 18.9. The third-order valence-electron chi connectivity index (χ3n) is 11.8. The van der Waals surface area contributed by atoms with Crippen LogP contribution in [0.15, 0.2) is 53.3 Å². The van der Waals surface area contributed by atoms with Crippen molar-refractivity contribution in [1.29, 1.82) is 0 Å². The summed E-state index contributed by atoms with van der Waals surface area (Å²) in [5, 5.41) is 0. The first kappa shape index (κ1) is 45.8. The first-order valence-electron chi connectivity index (χ1n) is 21.5. The molecule has 4 aromatic heterocycles. The summed E-state index contributed by atoms with van der Waals surface area (Å²) in [7, 11) is 3.35. The number of carbonyl (C=O) groups excluding carboxylic acids is 2. The van der Waals surface area contributed by atoms with Gasteiger partial charge in [0, 0.05) is 72.8 Å². The molecule has 0 unspecified atom stereocenters. The Morgan fingerprint density at radius 3 is 1.54 bits per heavy atom. The normalized spacial score (nSPS) is 17.5. The number of piperidine rings is 1. The zero-order chi connectivity index (χ0) is 44.5. The molecular weight excluding hydrogens is 838 g/mol. The van der Waals surface area contributed by atoms with Crippen molar-refractivity contribution in [2.45, 2.75) is 136 Å². The quantitative estimate of drug-likeness (QED) is 0.193. The topological polar surface area (TPSA) is 116 Å². The number of rotatable bonds is 5. The number of hydrogen-bond acceptors (Lipinski definition) is 9. The third-order valence-corrected chi connectivity index (χ3v) is 12.4. The maximum absolute atomic E-state index is 12.7. The zero-order valence-corrected chi connectivity index (χ0v) is 39.9. The lowest BCUT2D eigenvalue weighted by Gasteiger charge is -2.43. The van der Waals surface area contributed by atoms with E-state index >= 15 is 0 Å². The number of nitrogens with zero attached hydrogens (tertiary/aromatic N) is 7. The molecule has 0 bridgehead atoms. The number of carbonyl (C=O) groups is 2. The molecule has 8 rings (SSSR count). The van der Waals surface area contributed by atoms with Crippen LogP contribution in [-0.2, 0) is 9.47 Å². The molecule has 2 amide bonds. The van der Waals surface area contributed by atoms with E-state index in [2.05, 4.69) is 86.9 Å². The Balaban J connectivity index is 0.000000169. The van der Waals surface area contributed by atoms with Gasteiger partial charge in [-0.3, -0.25) is 4.90 Å². The highest BCUT2D eigenvalue weighted by Gasteiger charge is 2.55. The number of aromatic nitrogens is 4. The van der Waals surface area contributed by atoms with Crippen LogP contribution in [0.4, 0.5) is 15.3 Å². The summed E-state index contributed by atoms with van der Waals surface area (Å²) in [5.41, 5.74) is 4.77. The molecule has 4 aliphatic rings. The van der Waals surface area contributed by atoms with Gasteiger partial charge in [-0.05, 0) is 154 Å². The molecule has 0 aromatic carbocycles. The Kier molecular flexibility index (Phi) is 13.5. The monoisotopic (exact) mass is 903 g/mol. The number of halogens is 1. The van der Waals surface area contributed by atoms with E-state index in [1.807, 2.05) is 69.7 Å². The Morgan fingerprint density at radius 1 is 0.623 bits per heavy atom. The van der Waals surface area contributed by atoms with Gasteiger partial charge in [-0.25, -0.2) is 19.6 Å². The van der Waals surface area contributed by atoms with Crippen LogP contribution in [0.3, 0.4) is 0 Å². The molecule has 13 nitrogen and oxygen atoms in total. The van der Waals surface area contributed by atoms with E-state index in [1.54, 1.807) is 20.4 Å². The molecule has 2 aliphatic heterocycles. The van der Waals surface area contributed by atoms with Crippen LogP contribution in [0.1, 0.15) is 109 Å². The Labute approximate surface area is 370 Å². The SMILES string of the molecule is CC(C)(C)OC(=O)N1CCCCC12CC2.COc1cc(-n2c(C)ccc2C)ncc1Br.COc1cc(-n2c(C)ccc2C)ncc1N1CCN(C(=O)OC(C)(C)C)C2(CC2)C1. The molecule has 332 valence electrons. The number of methoxy groups -OCH3 is 2. The standard InChI is InChI=1S/C23H32N4O3.C12H13BrN2O.C12H21NO2/c1-16-7-8-17(2)27(16)20-13-19(29-6)18(14-24-20)25-11-12-26(23(15-25)9-10-23)21(28)30-22(3,4)5;1-8-4-5-9(2)15(8)12-6-11(16-3)10(13)7-14-12;1-11(2,3)15-10(14)13-9-5-4-6-12(13)7-8-12/h7-8,13-14H,9-12,15H2,1-6H3;4-7H,1-3H3;4-9H2,1-3H3. The van der Waals surface area contributed by atoms with Gasteiger partial charge in [0.05, 0.1) is 36.1 Å². The molecule has 0 atom stereocenters. The van der Waals surface area contributed by atoms with Gasteiger partial charge in [0.2, 0.25) is 0 Å². The summed E-state index contributed by atoms with van der Waals surface area (Å²) in [6, 6.07) is 12.2. The van der Waals surface area contributed by atoms with Crippen molar-refractivity contribution >= 4 is 33.8 Å². The third kappa shape index (κ3) is 10.7. The van der Waals surface area contributed by atoms with Crippen LogP contribution in [0, 0.1) is 27.7 Å². The predicted octanol–water partition coefficient (Wildman–Crippen LogP) is 10.3. The van der Waals surface area contributed by atoms with E-state index in [0.29, 0.717) is 6.54 Å². The van der Waals surface area contributed by atoms with Gasteiger partial charge in [0.1, 0.15) is 34.3 Å². The molecule has 2 spiro atoms. The molecule has 4 aromatic rings. The van der Waals surface area contributed by atoms with Crippen LogP contribution in [0.25, 0.3) is 11.6 Å². The maximum Gasteiger partial charge on any atom is 0.410 e. The van der Waals surface area contributed by atoms with Gasteiger partial charge >= 0.3 is 12.2 Å². The number of pyridine rings is 2. The second-order valence-corrected chi connectivity index (χ2v) is 19.7. The Bertz CT molecular complexity index is 2150. The highest BCUT2D eigenvalue weighted by molar-refractivity contribution is 9.10. The van der Waals surface area contributed by atoms with Gasteiger partial charge in [-0.2, -0.15) is 0 Å². The predicted molar refractivity (Wildman–Crippen MR) is 243 cm³/mol. The average Bonchev–Trinajstić information content (AvgIpc) is 4.08. The summed E-state index contributed by atoms with van der Waals surface area (Å²) < 4.78 is 27.2.